The van der Waals surface area contributed by atoms with Crippen LogP contribution in [0.2, 0.25) is 0 Å². The molecule has 0 spiro atoms. The van der Waals surface area contributed by atoms with E-state index in [-0.39, 0.29) is 24.9 Å². The number of nitrogen functional groups attached to an aromatic ring is 1. The van der Waals surface area contributed by atoms with Gasteiger partial charge in [-0.05, 0) is 6.92 Å². The highest BCUT2D eigenvalue weighted by atomic mass is 16.5. The van der Waals surface area contributed by atoms with Crippen molar-refractivity contribution in [3.63, 3.8) is 0 Å². The topological polar surface area (TPSA) is 122 Å². The zero-order valence-electron chi connectivity index (χ0n) is 10.5. The van der Waals surface area contributed by atoms with Gasteiger partial charge in [-0.3, -0.25) is 9.59 Å². The summed E-state index contributed by atoms with van der Waals surface area (Å²) in [4.78, 5) is 30.8. The normalized spacial score (nSPS) is 22.4. The highest BCUT2D eigenvalue weighted by molar-refractivity contribution is 5.73. The third-order valence-corrected chi connectivity index (χ3v) is 3.25. The molecule has 104 valence electrons. The number of nitrogens with one attached hydrogen (secondary N) is 1. The van der Waals surface area contributed by atoms with Crippen molar-refractivity contribution in [1.82, 2.24) is 9.97 Å². The van der Waals surface area contributed by atoms with Crippen LogP contribution in [0.3, 0.4) is 0 Å². The molecule has 1 fully saturated rings. The Labute approximate surface area is 109 Å². The molecule has 1 aromatic heterocycles. The molecule has 19 heavy (non-hydrogen) atoms. The Balaban J connectivity index is 2.37. The van der Waals surface area contributed by atoms with Crippen LogP contribution in [0.25, 0.3) is 0 Å². The fourth-order valence-corrected chi connectivity index (χ4v) is 2.26. The Hall–Kier alpha value is -2.09. The molecule has 1 aliphatic rings. The third kappa shape index (κ3) is 2.39. The number of nitrogens with zero attached hydrogens (tertiary/aromatic N) is 2. The van der Waals surface area contributed by atoms with Crippen LogP contribution in [-0.4, -0.2) is 46.8 Å². The van der Waals surface area contributed by atoms with Crippen molar-refractivity contribution in [2.45, 2.75) is 13.0 Å². The molecular formula is C11H16N4O4. The molecule has 4 N–H and O–H groups in total. The molecule has 2 atom stereocenters. The summed E-state index contributed by atoms with van der Waals surface area (Å²) in [5.74, 6) is -1.28. The van der Waals surface area contributed by atoms with Crippen molar-refractivity contribution in [2.75, 3.05) is 30.4 Å². The standard InChI is InChI=1S/C11H16N4O4/c1-2-15(7-4-19-3-6(7)11(17)18)9-8(12)10(16)14-5-13-9/h5-7H,2-4,12H2,1H3,(H,17,18)(H,13,14,16). The molecule has 0 radical (unpaired) electrons. The number of carboxylic acids is 1. The molecule has 2 rings (SSSR count). The van der Waals surface area contributed by atoms with E-state index < -0.39 is 17.4 Å². The van der Waals surface area contributed by atoms with Crippen molar-refractivity contribution in [1.29, 1.82) is 0 Å². The predicted molar refractivity (Wildman–Crippen MR) is 68.0 cm³/mol. The molecule has 0 aromatic carbocycles. The lowest BCUT2D eigenvalue weighted by Crippen LogP contribution is -2.44. The number of rotatable bonds is 4. The largest absolute Gasteiger partial charge is 0.481 e. The van der Waals surface area contributed by atoms with E-state index in [2.05, 4.69) is 9.97 Å². The van der Waals surface area contributed by atoms with Gasteiger partial charge in [-0.15, -0.1) is 0 Å². The summed E-state index contributed by atoms with van der Waals surface area (Å²) in [7, 11) is 0. The van der Waals surface area contributed by atoms with Crippen molar-refractivity contribution < 1.29 is 14.6 Å². The Morgan fingerprint density at radius 3 is 3.05 bits per heavy atom. The Morgan fingerprint density at radius 2 is 2.42 bits per heavy atom. The molecule has 0 saturated carbocycles. The van der Waals surface area contributed by atoms with Crippen LogP contribution in [0.1, 0.15) is 6.92 Å². The van der Waals surface area contributed by atoms with Gasteiger partial charge in [0.25, 0.3) is 5.56 Å². The molecule has 0 amide bonds. The number of aromatic amines is 1. The van der Waals surface area contributed by atoms with E-state index >= 15 is 0 Å². The highest BCUT2D eigenvalue weighted by Gasteiger charge is 2.38. The summed E-state index contributed by atoms with van der Waals surface area (Å²) in [5.41, 5.74) is 5.26. The van der Waals surface area contributed by atoms with Crippen molar-refractivity contribution in [3.8, 4) is 0 Å². The second kappa shape index (κ2) is 5.27. The fourth-order valence-electron chi connectivity index (χ4n) is 2.26. The number of nitrogens with two attached hydrogens (primary N) is 1. The Bertz CT molecular complexity index is 530. The summed E-state index contributed by atoms with van der Waals surface area (Å²) in [5, 5.41) is 9.17. The molecule has 1 saturated heterocycles. The molecule has 0 bridgehead atoms. The lowest BCUT2D eigenvalue weighted by Gasteiger charge is -2.30. The van der Waals surface area contributed by atoms with E-state index in [4.69, 9.17) is 10.5 Å². The molecule has 0 aliphatic carbocycles. The van der Waals surface area contributed by atoms with Gasteiger partial charge in [0, 0.05) is 6.54 Å². The van der Waals surface area contributed by atoms with Gasteiger partial charge in [0.05, 0.1) is 25.6 Å². The first-order chi connectivity index (χ1) is 9.06. The first-order valence-electron chi connectivity index (χ1n) is 5.96. The first kappa shape index (κ1) is 13.3. The molecule has 8 nitrogen and oxygen atoms in total. The minimum atomic E-state index is -0.927. The van der Waals surface area contributed by atoms with Crippen LogP contribution in [0, 0.1) is 5.92 Å². The van der Waals surface area contributed by atoms with Gasteiger partial charge in [0.1, 0.15) is 11.6 Å². The van der Waals surface area contributed by atoms with Gasteiger partial charge in [-0.1, -0.05) is 0 Å². The van der Waals surface area contributed by atoms with Crippen molar-refractivity contribution >= 4 is 17.5 Å². The number of hydrogen-bond acceptors (Lipinski definition) is 6. The fraction of sp³-hybridized carbons (Fsp3) is 0.545. The van der Waals surface area contributed by atoms with E-state index in [0.29, 0.717) is 12.4 Å². The maximum absolute atomic E-state index is 11.5. The number of carboxylic acid groups (broad SMARTS) is 1. The number of ether oxygens (including phenoxy) is 1. The molecule has 1 aromatic rings. The first-order valence-corrected chi connectivity index (χ1v) is 5.96. The third-order valence-electron chi connectivity index (χ3n) is 3.25. The average molecular weight is 268 g/mol. The Kier molecular flexibility index (Phi) is 3.70. The van der Waals surface area contributed by atoms with Gasteiger partial charge in [0.2, 0.25) is 0 Å². The predicted octanol–water partition coefficient (Wildman–Crippen LogP) is -0.722. The molecular weight excluding hydrogens is 252 g/mol. The number of aromatic nitrogens is 2. The lowest BCUT2D eigenvalue weighted by molar-refractivity contribution is -0.141. The van der Waals surface area contributed by atoms with E-state index in [0.717, 1.165) is 0 Å². The quantitative estimate of drug-likeness (QED) is 0.658. The minimum absolute atomic E-state index is 0.0135. The van der Waals surface area contributed by atoms with Crippen LogP contribution >= 0.6 is 0 Å². The number of anilines is 2. The van der Waals surface area contributed by atoms with E-state index in [1.54, 1.807) is 4.90 Å². The number of likely N-dealkylation sites (N-methyl/N-ethyl adjacent to an activating group) is 1. The van der Waals surface area contributed by atoms with E-state index in [9.17, 15) is 14.7 Å². The van der Waals surface area contributed by atoms with Gasteiger partial charge < -0.3 is 25.5 Å². The van der Waals surface area contributed by atoms with Crippen LogP contribution in [0.5, 0.6) is 0 Å². The summed E-state index contributed by atoms with van der Waals surface area (Å²) in [6.45, 7) is 2.76. The van der Waals surface area contributed by atoms with Gasteiger partial charge in [-0.25, -0.2) is 4.98 Å². The van der Waals surface area contributed by atoms with Gasteiger partial charge in [0.15, 0.2) is 5.82 Å². The summed E-state index contributed by atoms with van der Waals surface area (Å²) < 4.78 is 5.23. The van der Waals surface area contributed by atoms with Crippen LogP contribution in [0.15, 0.2) is 11.1 Å². The molecule has 1 aliphatic heterocycles. The Morgan fingerprint density at radius 1 is 1.68 bits per heavy atom. The van der Waals surface area contributed by atoms with E-state index in [1.165, 1.54) is 6.33 Å². The van der Waals surface area contributed by atoms with Crippen molar-refractivity contribution in [2.24, 2.45) is 5.92 Å². The summed E-state index contributed by atoms with van der Waals surface area (Å²) in [6.07, 6.45) is 1.25. The van der Waals surface area contributed by atoms with Gasteiger partial charge >= 0.3 is 5.97 Å². The molecule has 2 unspecified atom stereocenters. The van der Waals surface area contributed by atoms with Crippen molar-refractivity contribution in [3.05, 3.63) is 16.7 Å². The number of H-pyrrole nitrogens is 1. The maximum Gasteiger partial charge on any atom is 0.311 e. The second-order valence-corrected chi connectivity index (χ2v) is 4.30. The van der Waals surface area contributed by atoms with Crippen LogP contribution in [0.4, 0.5) is 11.5 Å². The van der Waals surface area contributed by atoms with E-state index in [1.807, 2.05) is 6.92 Å². The molecule has 2 heterocycles. The average Bonchev–Trinajstić information content (AvgIpc) is 2.85. The zero-order chi connectivity index (χ0) is 14.0. The minimum Gasteiger partial charge on any atom is -0.481 e. The highest BCUT2D eigenvalue weighted by Crippen LogP contribution is 2.26. The van der Waals surface area contributed by atoms with Crippen LogP contribution in [-0.2, 0) is 9.53 Å². The number of carbonyl (C=O) groups is 1. The smallest absolute Gasteiger partial charge is 0.311 e. The SMILES string of the molecule is CCN(c1nc[nH]c(=O)c1N)C1COCC1C(=O)O. The maximum atomic E-state index is 11.5. The monoisotopic (exact) mass is 268 g/mol. The molecule has 8 heteroatoms. The summed E-state index contributed by atoms with van der Waals surface area (Å²) >= 11 is 0. The summed E-state index contributed by atoms with van der Waals surface area (Å²) in [6, 6.07) is -0.376. The second-order valence-electron chi connectivity index (χ2n) is 4.30. The van der Waals surface area contributed by atoms with Crippen LogP contribution < -0.4 is 16.2 Å². The number of aliphatic carboxylic acids is 1. The number of hydrogen-bond donors (Lipinski definition) is 3. The lowest BCUT2D eigenvalue weighted by atomic mass is 10.0. The van der Waals surface area contributed by atoms with Gasteiger partial charge in [-0.2, -0.15) is 0 Å². The zero-order valence-corrected chi connectivity index (χ0v) is 10.5.